The van der Waals surface area contributed by atoms with Gasteiger partial charge in [0.15, 0.2) is 0 Å². The van der Waals surface area contributed by atoms with Crippen molar-refractivity contribution in [2.75, 3.05) is 14.2 Å². The van der Waals surface area contributed by atoms with E-state index in [4.69, 9.17) is 9.84 Å². The van der Waals surface area contributed by atoms with Gasteiger partial charge >= 0.3 is 0 Å². The Morgan fingerprint density at radius 2 is 1.83 bits per heavy atom. The lowest BCUT2D eigenvalue weighted by molar-refractivity contribution is 0.341. The fourth-order valence-electron chi connectivity index (χ4n) is 2.34. The van der Waals surface area contributed by atoms with Crippen LogP contribution < -0.4 is 10.1 Å². The molecule has 0 fully saturated rings. The molecule has 0 bridgehead atoms. The van der Waals surface area contributed by atoms with Crippen molar-refractivity contribution in [3.63, 3.8) is 0 Å². The van der Waals surface area contributed by atoms with E-state index in [9.17, 15) is 0 Å². The van der Waals surface area contributed by atoms with Gasteiger partial charge in [0.2, 0.25) is 0 Å². The van der Waals surface area contributed by atoms with Gasteiger partial charge in [-0.15, -0.1) is 12.4 Å². The number of rotatable bonds is 6. The predicted octanol–water partition coefficient (Wildman–Crippen LogP) is 4.14. The summed E-state index contributed by atoms with van der Waals surface area (Å²) in [6.07, 6.45) is 1.09. The van der Waals surface area contributed by atoms with E-state index in [0.29, 0.717) is 5.41 Å². The van der Waals surface area contributed by atoms with Crippen molar-refractivity contribution in [3.8, 4) is 17.0 Å². The molecule has 1 aromatic heterocycles. The molecule has 1 heterocycles. The predicted molar refractivity (Wildman–Crippen MR) is 98.3 cm³/mol. The molecule has 0 aliphatic heterocycles. The molecule has 23 heavy (non-hydrogen) atoms. The summed E-state index contributed by atoms with van der Waals surface area (Å²) in [6.45, 7) is 8.49. The molecule has 0 aliphatic carbocycles. The van der Waals surface area contributed by atoms with Gasteiger partial charge < -0.3 is 10.1 Å². The topological polar surface area (TPSA) is 39.1 Å². The summed E-state index contributed by atoms with van der Waals surface area (Å²) in [5.74, 6) is 0.875. The van der Waals surface area contributed by atoms with Gasteiger partial charge in [0, 0.05) is 18.7 Å². The summed E-state index contributed by atoms with van der Waals surface area (Å²) in [5.41, 5.74) is 3.70. The van der Waals surface area contributed by atoms with Gasteiger partial charge in [0.1, 0.15) is 5.75 Å². The van der Waals surface area contributed by atoms with E-state index in [-0.39, 0.29) is 12.4 Å². The van der Waals surface area contributed by atoms with E-state index < -0.39 is 0 Å². The molecule has 4 nitrogen and oxygen atoms in total. The Kier molecular flexibility index (Phi) is 7.10. The Morgan fingerprint density at radius 1 is 1.17 bits per heavy atom. The van der Waals surface area contributed by atoms with Gasteiger partial charge in [-0.1, -0.05) is 20.8 Å². The van der Waals surface area contributed by atoms with Crippen LogP contribution in [0.3, 0.4) is 0 Å². The molecule has 0 aliphatic rings. The number of hydrogen-bond acceptors (Lipinski definition) is 3. The first kappa shape index (κ1) is 19.5. The maximum Gasteiger partial charge on any atom is 0.118 e. The van der Waals surface area contributed by atoms with Crippen LogP contribution in [0.1, 0.15) is 32.9 Å². The lowest BCUT2D eigenvalue weighted by Crippen LogP contribution is -2.13. The molecule has 0 amide bonds. The summed E-state index contributed by atoms with van der Waals surface area (Å²) in [7, 11) is 3.63. The monoisotopic (exact) mass is 337 g/mol. The van der Waals surface area contributed by atoms with Crippen LogP contribution in [-0.2, 0) is 13.1 Å². The Labute approximate surface area is 145 Å². The molecule has 0 saturated heterocycles. The summed E-state index contributed by atoms with van der Waals surface area (Å²) in [6, 6.07) is 10.3. The molecule has 0 saturated carbocycles. The Balaban J connectivity index is 0.00000264. The second kappa shape index (κ2) is 8.37. The number of methoxy groups -OCH3 is 1. The molecule has 5 heteroatoms. The number of nitrogens with zero attached hydrogens (tertiary/aromatic N) is 2. The zero-order chi connectivity index (χ0) is 16.2. The van der Waals surface area contributed by atoms with Gasteiger partial charge in [-0.25, -0.2) is 0 Å². The third-order valence-electron chi connectivity index (χ3n) is 3.65. The van der Waals surface area contributed by atoms with Crippen LogP contribution in [0.2, 0.25) is 0 Å². The zero-order valence-electron chi connectivity index (χ0n) is 14.7. The van der Waals surface area contributed by atoms with Gasteiger partial charge in [0.25, 0.3) is 0 Å². The minimum absolute atomic E-state index is 0. The largest absolute Gasteiger partial charge is 0.497 e. The molecule has 0 radical (unpaired) electrons. The molecule has 1 N–H and O–H groups in total. The number of aromatic nitrogens is 2. The van der Waals surface area contributed by atoms with Crippen molar-refractivity contribution in [3.05, 3.63) is 36.0 Å². The lowest BCUT2D eigenvalue weighted by Gasteiger charge is -2.18. The quantitative estimate of drug-likeness (QED) is 0.861. The van der Waals surface area contributed by atoms with Crippen LogP contribution in [0.25, 0.3) is 11.3 Å². The fraction of sp³-hybridized carbons (Fsp3) is 0.500. The Hall–Kier alpha value is -1.52. The third-order valence-corrected chi connectivity index (χ3v) is 3.65. The summed E-state index contributed by atoms with van der Waals surface area (Å²) in [4.78, 5) is 0. The van der Waals surface area contributed by atoms with Gasteiger partial charge in [-0.2, -0.15) is 5.10 Å². The average Bonchev–Trinajstić information content (AvgIpc) is 2.88. The van der Waals surface area contributed by atoms with Crippen molar-refractivity contribution in [1.82, 2.24) is 15.1 Å². The van der Waals surface area contributed by atoms with Crippen molar-refractivity contribution in [2.24, 2.45) is 5.41 Å². The first-order valence-electron chi connectivity index (χ1n) is 7.79. The van der Waals surface area contributed by atoms with E-state index in [0.717, 1.165) is 36.6 Å². The van der Waals surface area contributed by atoms with Crippen molar-refractivity contribution < 1.29 is 4.74 Å². The minimum Gasteiger partial charge on any atom is -0.497 e. The number of ether oxygens (including phenoxy) is 1. The Bertz CT molecular complexity index is 600. The molecular formula is C18H28ClN3O. The van der Waals surface area contributed by atoms with Crippen molar-refractivity contribution >= 4 is 12.4 Å². The molecule has 2 rings (SSSR count). The SMILES string of the molecule is CNCc1cc(-c2ccc(OC)cc2)n(CCC(C)(C)C)n1.Cl. The van der Waals surface area contributed by atoms with Gasteiger partial charge in [-0.3, -0.25) is 4.68 Å². The number of aryl methyl sites for hydroxylation is 1. The van der Waals surface area contributed by atoms with Crippen LogP contribution in [-0.4, -0.2) is 23.9 Å². The average molecular weight is 338 g/mol. The van der Waals surface area contributed by atoms with E-state index in [1.807, 2.05) is 19.2 Å². The molecule has 1 aromatic carbocycles. The highest BCUT2D eigenvalue weighted by atomic mass is 35.5. The maximum atomic E-state index is 5.24. The number of halogens is 1. The number of benzene rings is 1. The van der Waals surface area contributed by atoms with Gasteiger partial charge in [-0.05, 0) is 49.2 Å². The van der Waals surface area contributed by atoms with Crippen LogP contribution in [0.4, 0.5) is 0 Å². The minimum atomic E-state index is 0. The summed E-state index contributed by atoms with van der Waals surface area (Å²) < 4.78 is 7.36. The molecule has 0 unspecified atom stereocenters. The van der Waals surface area contributed by atoms with Crippen LogP contribution in [0.5, 0.6) is 5.75 Å². The number of hydrogen-bond donors (Lipinski definition) is 1. The summed E-state index contributed by atoms with van der Waals surface area (Å²) in [5, 5.41) is 7.92. The van der Waals surface area contributed by atoms with E-state index >= 15 is 0 Å². The Morgan fingerprint density at radius 3 is 2.35 bits per heavy atom. The molecule has 0 spiro atoms. The number of nitrogens with one attached hydrogen (secondary N) is 1. The normalized spacial score (nSPS) is 11.2. The smallest absolute Gasteiger partial charge is 0.118 e. The van der Waals surface area contributed by atoms with E-state index in [1.165, 1.54) is 5.56 Å². The zero-order valence-corrected chi connectivity index (χ0v) is 15.5. The first-order chi connectivity index (χ1) is 10.4. The highest BCUT2D eigenvalue weighted by molar-refractivity contribution is 5.85. The highest BCUT2D eigenvalue weighted by Gasteiger charge is 2.14. The third kappa shape index (κ3) is 5.56. The standard InChI is InChI=1S/C18H27N3O.ClH/c1-18(2,3)10-11-21-17(12-15(20-21)13-19-4)14-6-8-16(22-5)9-7-14;/h6-9,12,19H,10-11,13H2,1-5H3;1H. The van der Waals surface area contributed by atoms with Crippen LogP contribution >= 0.6 is 12.4 Å². The highest BCUT2D eigenvalue weighted by Crippen LogP contribution is 2.26. The first-order valence-corrected chi connectivity index (χ1v) is 7.79. The lowest BCUT2D eigenvalue weighted by atomic mass is 9.92. The van der Waals surface area contributed by atoms with E-state index in [1.54, 1.807) is 7.11 Å². The van der Waals surface area contributed by atoms with Gasteiger partial charge in [0.05, 0.1) is 18.5 Å². The maximum absolute atomic E-state index is 5.24. The van der Waals surface area contributed by atoms with E-state index in [2.05, 4.69) is 49.0 Å². The fourth-order valence-corrected chi connectivity index (χ4v) is 2.34. The molecule has 2 aromatic rings. The van der Waals surface area contributed by atoms with Crippen LogP contribution in [0.15, 0.2) is 30.3 Å². The summed E-state index contributed by atoms with van der Waals surface area (Å²) >= 11 is 0. The molecule has 0 atom stereocenters. The second-order valence-electron chi connectivity index (χ2n) is 6.81. The van der Waals surface area contributed by atoms with Crippen molar-refractivity contribution in [2.45, 2.75) is 40.3 Å². The van der Waals surface area contributed by atoms with Crippen molar-refractivity contribution in [1.29, 1.82) is 0 Å². The second-order valence-corrected chi connectivity index (χ2v) is 6.81. The van der Waals surface area contributed by atoms with Crippen LogP contribution in [0, 0.1) is 5.41 Å². The molecular weight excluding hydrogens is 310 g/mol. The molecule has 128 valence electrons.